The molecule has 0 unspecified atom stereocenters. The molecule has 8 nitrogen and oxygen atoms in total. The number of aryl methyl sites for hydroxylation is 2. The van der Waals surface area contributed by atoms with Gasteiger partial charge in [0.25, 0.3) is 5.91 Å². The molecule has 1 aromatic heterocycles. The van der Waals surface area contributed by atoms with Gasteiger partial charge >= 0.3 is 0 Å². The highest BCUT2D eigenvalue weighted by Crippen LogP contribution is 2.30. The van der Waals surface area contributed by atoms with Gasteiger partial charge in [0.15, 0.2) is 11.0 Å². The molecule has 0 fully saturated rings. The van der Waals surface area contributed by atoms with E-state index in [4.69, 9.17) is 4.74 Å². The van der Waals surface area contributed by atoms with E-state index in [2.05, 4.69) is 33.7 Å². The molecule has 2 heterocycles. The predicted molar refractivity (Wildman–Crippen MR) is 148 cm³/mol. The molecule has 1 N–H and O–H groups in total. The van der Waals surface area contributed by atoms with Crippen LogP contribution in [-0.4, -0.2) is 46.0 Å². The van der Waals surface area contributed by atoms with Crippen LogP contribution in [0.5, 0.6) is 5.75 Å². The summed E-state index contributed by atoms with van der Waals surface area (Å²) in [6.07, 6.45) is 0.864. The summed E-state index contributed by atoms with van der Waals surface area (Å²) >= 11 is 1.35. The number of fused-ring (bicyclic) bond motifs is 1. The summed E-state index contributed by atoms with van der Waals surface area (Å²) in [5, 5.41) is 12.4. The highest BCUT2D eigenvalue weighted by molar-refractivity contribution is 7.99. The number of thioether (sulfide) groups is 1. The van der Waals surface area contributed by atoms with Gasteiger partial charge in [-0.15, -0.1) is 10.2 Å². The first kappa shape index (κ1) is 25.5. The molecule has 5 rings (SSSR count). The van der Waals surface area contributed by atoms with Crippen molar-refractivity contribution in [1.29, 1.82) is 0 Å². The van der Waals surface area contributed by atoms with Crippen LogP contribution in [0.1, 0.15) is 32.9 Å². The van der Waals surface area contributed by atoms with Gasteiger partial charge in [0.1, 0.15) is 5.75 Å². The third kappa shape index (κ3) is 5.28. The van der Waals surface area contributed by atoms with Crippen molar-refractivity contribution in [2.45, 2.75) is 32.0 Å². The molecule has 0 saturated heterocycles. The monoisotopic (exact) mass is 527 g/mol. The lowest BCUT2D eigenvalue weighted by Crippen LogP contribution is -2.30. The Morgan fingerprint density at radius 2 is 1.79 bits per heavy atom. The van der Waals surface area contributed by atoms with Gasteiger partial charge in [0.2, 0.25) is 5.91 Å². The van der Waals surface area contributed by atoms with Crippen LogP contribution in [0, 0.1) is 13.8 Å². The Kier molecular flexibility index (Phi) is 7.46. The summed E-state index contributed by atoms with van der Waals surface area (Å²) in [6.45, 7) is 4.92. The van der Waals surface area contributed by atoms with Gasteiger partial charge in [-0.05, 0) is 73.4 Å². The predicted octanol–water partition coefficient (Wildman–Crippen LogP) is 4.50. The van der Waals surface area contributed by atoms with Crippen molar-refractivity contribution in [3.8, 4) is 11.4 Å². The standard InChI is InChI=1S/C29H29N5O3S/c1-19-8-9-20(2)25(16-19)34-26(17-30-28(36)22-10-12-23(37-3)13-11-22)31-32-29(34)38-18-27(35)33-15-14-21-6-4-5-7-24(21)33/h4-13,16H,14-15,17-18H2,1-3H3,(H,30,36). The average molecular weight is 528 g/mol. The second kappa shape index (κ2) is 11.1. The third-order valence-electron chi connectivity index (χ3n) is 6.58. The minimum absolute atomic E-state index is 0.0322. The van der Waals surface area contributed by atoms with E-state index in [9.17, 15) is 9.59 Å². The van der Waals surface area contributed by atoms with E-state index in [1.807, 2.05) is 47.6 Å². The molecule has 0 atom stereocenters. The molecule has 4 aromatic rings. The van der Waals surface area contributed by atoms with Crippen molar-refractivity contribution in [3.05, 3.63) is 94.8 Å². The molecule has 38 heavy (non-hydrogen) atoms. The summed E-state index contributed by atoms with van der Waals surface area (Å²) < 4.78 is 7.11. The van der Waals surface area contributed by atoms with Crippen LogP contribution in [0.3, 0.4) is 0 Å². The molecule has 1 aliphatic rings. The van der Waals surface area contributed by atoms with Gasteiger partial charge in [-0.2, -0.15) is 0 Å². The highest BCUT2D eigenvalue weighted by atomic mass is 32.2. The zero-order valence-electron chi connectivity index (χ0n) is 21.6. The normalized spacial score (nSPS) is 12.3. The molecule has 3 aromatic carbocycles. The van der Waals surface area contributed by atoms with Crippen molar-refractivity contribution in [3.63, 3.8) is 0 Å². The van der Waals surface area contributed by atoms with Crippen molar-refractivity contribution in [2.24, 2.45) is 0 Å². The fraction of sp³-hybridized carbons (Fsp3) is 0.241. The maximum Gasteiger partial charge on any atom is 0.251 e. The van der Waals surface area contributed by atoms with Crippen LogP contribution in [0.15, 0.2) is 71.9 Å². The minimum atomic E-state index is -0.222. The molecule has 1 aliphatic heterocycles. The number of hydrogen-bond donors (Lipinski definition) is 1. The highest BCUT2D eigenvalue weighted by Gasteiger charge is 2.25. The topological polar surface area (TPSA) is 89.3 Å². The van der Waals surface area contributed by atoms with Crippen molar-refractivity contribution < 1.29 is 14.3 Å². The molecule has 0 radical (unpaired) electrons. The summed E-state index contributed by atoms with van der Waals surface area (Å²) in [5.41, 5.74) is 5.75. The smallest absolute Gasteiger partial charge is 0.251 e. The average Bonchev–Trinajstić information content (AvgIpc) is 3.56. The zero-order valence-corrected chi connectivity index (χ0v) is 22.4. The number of methoxy groups -OCH3 is 1. The molecule has 0 saturated carbocycles. The summed E-state index contributed by atoms with van der Waals surface area (Å²) in [5.74, 6) is 1.31. The Balaban J connectivity index is 1.36. The van der Waals surface area contributed by atoms with Crippen LogP contribution >= 0.6 is 11.8 Å². The van der Waals surface area contributed by atoms with E-state index < -0.39 is 0 Å². The first-order valence-corrected chi connectivity index (χ1v) is 13.4. The van der Waals surface area contributed by atoms with Gasteiger partial charge in [0, 0.05) is 17.8 Å². The van der Waals surface area contributed by atoms with E-state index in [-0.39, 0.29) is 24.1 Å². The molecular formula is C29H29N5O3S. The van der Waals surface area contributed by atoms with Crippen LogP contribution < -0.4 is 15.0 Å². The van der Waals surface area contributed by atoms with Gasteiger partial charge < -0.3 is 15.0 Å². The number of amides is 2. The summed E-state index contributed by atoms with van der Waals surface area (Å²) in [7, 11) is 1.59. The lowest BCUT2D eigenvalue weighted by atomic mass is 10.1. The fourth-order valence-corrected chi connectivity index (χ4v) is 5.36. The Hall–Kier alpha value is -4.11. The Morgan fingerprint density at radius 3 is 2.58 bits per heavy atom. The molecule has 0 bridgehead atoms. The third-order valence-corrected chi connectivity index (χ3v) is 7.49. The van der Waals surface area contributed by atoms with Gasteiger partial charge in [-0.1, -0.05) is 42.1 Å². The number of nitrogens with one attached hydrogen (secondary N) is 1. The number of para-hydroxylation sites is 1. The van der Waals surface area contributed by atoms with Gasteiger partial charge in [-0.3, -0.25) is 14.2 Å². The van der Waals surface area contributed by atoms with E-state index in [0.29, 0.717) is 28.8 Å². The van der Waals surface area contributed by atoms with E-state index in [1.165, 1.54) is 17.3 Å². The quantitative estimate of drug-likeness (QED) is 0.339. The lowest BCUT2D eigenvalue weighted by molar-refractivity contribution is -0.116. The van der Waals surface area contributed by atoms with E-state index in [0.717, 1.165) is 28.9 Å². The largest absolute Gasteiger partial charge is 0.497 e. The fourth-order valence-electron chi connectivity index (χ4n) is 4.52. The first-order chi connectivity index (χ1) is 18.4. The zero-order chi connectivity index (χ0) is 26.6. The van der Waals surface area contributed by atoms with Crippen LogP contribution in [-0.2, 0) is 17.8 Å². The first-order valence-electron chi connectivity index (χ1n) is 12.4. The second-order valence-electron chi connectivity index (χ2n) is 9.15. The summed E-state index contributed by atoms with van der Waals surface area (Å²) in [6, 6.07) is 21.1. The number of carbonyl (C=O) groups excluding carboxylic acids is 2. The molecule has 194 valence electrons. The second-order valence-corrected chi connectivity index (χ2v) is 10.1. The number of hydrogen-bond acceptors (Lipinski definition) is 6. The molecular weight excluding hydrogens is 498 g/mol. The van der Waals surface area contributed by atoms with Crippen molar-refractivity contribution >= 4 is 29.3 Å². The van der Waals surface area contributed by atoms with E-state index in [1.54, 1.807) is 31.4 Å². The molecule has 9 heteroatoms. The van der Waals surface area contributed by atoms with Crippen molar-refractivity contribution in [2.75, 3.05) is 24.3 Å². The Bertz CT molecular complexity index is 1480. The Labute approximate surface area is 226 Å². The number of rotatable bonds is 8. The number of nitrogens with zero attached hydrogens (tertiary/aromatic N) is 4. The maximum absolute atomic E-state index is 13.2. The van der Waals surface area contributed by atoms with Crippen molar-refractivity contribution in [1.82, 2.24) is 20.1 Å². The molecule has 2 amide bonds. The van der Waals surface area contributed by atoms with Gasteiger partial charge in [0.05, 0.1) is 25.1 Å². The SMILES string of the molecule is COc1ccc(C(=O)NCc2nnc(SCC(=O)N3CCc4ccccc43)n2-c2cc(C)ccc2C)cc1. The number of aromatic nitrogens is 3. The number of anilines is 1. The molecule has 0 spiro atoms. The van der Waals surface area contributed by atoms with E-state index >= 15 is 0 Å². The van der Waals surface area contributed by atoms with Crippen LogP contribution in [0.2, 0.25) is 0 Å². The Morgan fingerprint density at radius 1 is 1.00 bits per heavy atom. The lowest BCUT2D eigenvalue weighted by Gasteiger charge is -2.17. The number of benzene rings is 3. The van der Waals surface area contributed by atoms with Gasteiger partial charge in [-0.25, -0.2) is 0 Å². The number of carbonyl (C=O) groups is 2. The maximum atomic E-state index is 13.2. The minimum Gasteiger partial charge on any atom is -0.497 e. The van der Waals surface area contributed by atoms with Crippen LogP contribution in [0.4, 0.5) is 5.69 Å². The molecule has 0 aliphatic carbocycles. The summed E-state index contributed by atoms with van der Waals surface area (Å²) in [4.78, 5) is 27.8. The van der Waals surface area contributed by atoms with Crippen LogP contribution in [0.25, 0.3) is 5.69 Å². The number of ether oxygens (including phenoxy) is 1.